The molecule has 1 heterocycles. The third-order valence-corrected chi connectivity index (χ3v) is 2.43. The zero-order valence-corrected chi connectivity index (χ0v) is 8.49. The van der Waals surface area contributed by atoms with Crippen molar-refractivity contribution in [1.29, 1.82) is 0 Å². The van der Waals surface area contributed by atoms with Crippen LogP contribution >= 0.6 is 0 Å². The van der Waals surface area contributed by atoms with E-state index in [0.717, 1.165) is 6.42 Å². The first-order valence-corrected chi connectivity index (χ1v) is 4.88. The smallest absolute Gasteiger partial charge is 0.164 e. The third kappa shape index (κ3) is 2.78. The van der Waals surface area contributed by atoms with E-state index < -0.39 is 12.4 Å². The fraction of sp³-hybridized carbons (Fsp3) is 0.900. The van der Waals surface area contributed by atoms with E-state index in [4.69, 9.17) is 4.74 Å². The van der Waals surface area contributed by atoms with E-state index in [1.165, 1.54) is 0 Å². The maximum Gasteiger partial charge on any atom is 0.164 e. The molecule has 0 aromatic heterocycles. The van der Waals surface area contributed by atoms with E-state index in [1.54, 1.807) is 0 Å². The van der Waals surface area contributed by atoms with Gasteiger partial charge in [0.1, 0.15) is 6.10 Å². The minimum atomic E-state index is -0.753. The van der Waals surface area contributed by atoms with E-state index in [2.05, 4.69) is 0 Å². The zero-order chi connectivity index (χ0) is 10.0. The van der Waals surface area contributed by atoms with Gasteiger partial charge >= 0.3 is 0 Å². The van der Waals surface area contributed by atoms with Crippen molar-refractivity contribution in [2.75, 3.05) is 0 Å². The highest BCUT2D eigenvalue weighted by Gasteiger charge is 2.31. The highest BCUT2D eigenvalue weighted by atomic mass is 16.6. The monoisotopic (exact) mass is 186 g/mol. The Morgan fingerprint density at radius 1 is 1.46 bits per heavy atom. The van der Waals surface area contributed by atoms with Crippen LogP contribution in [0.4, 0.5) is 0 Å². The van der Waals surface area contributed by atoms with Gasteiger partial charge in [0.25, 0.3) is 0 Å². The van der Waals surface area contributed by atoms with Crippen molar-refractivity contribution in [3.05, 3.63) is 0 Å². The number of carbonyl (C=O) groups is 1. The molecule has 3 atom stereocenters. The van der Waals surface area contributed by atoms with Gasteiger partial charge in [-0.15, -0.1) is 0 Å². The summed E-state index contributed by atoms with van der Waals surface area (Å²) in [5, 5.41) is 9.31. The van der Waals surface area contributed by atoms with Crippen LogP contribution in [-0.4, -0.2) is 23.3 Å². The van der Waals surface area contributed by atoms with Crippen LogP contribution in [0.5, 0.6) is 0 Å². The Labute approximate surface area is 79.1 Å². The van der Waals surface area contributed by atoms with Crippen LogP contribution in [0.2, 0.25) is 0 Å². The molecule has 3 heteroatoms. The van der Waals surface area contributed by atoms with Gasteiger partial charge < -0.3 is 9.84 Å². The van der Waals surface area contributed by atoms with E-state index in [0.29, 0.717) is 12.3 Å². The number of aliphatic hydroxyl groups excluding tert-OH is 1. The fourth-order valence-corrected chi connectivity index (χ4v) is 1.66. The van der Waals surface area contributed by atoms with Crippen LogP contribution in [-0.2, 0) is 9.53 Å². The van der Waals surface area contributed by atoms with E-state index in [-0.39, 0.29) is 11.7 Å². The molecule has 0 aromatic rings. The lowest BCUT2D eigenvalue weighted by atomic mass is 9.91. The van der Waals surface area contributed by atoms with Gasteiger partial charge in [0, 0.05) is 12.3 Å². The molecule has 1 aliphatic heterocycles. The Kier molecular flexibility index (Phi) is 3.45. The van der Waals surface area contributed by atoms with Crippen LogP contribution < -0.4 is 0 Å². The molecule has 1 fully saturated rings. The molecule has 0 amide bonds. The van der Waals surface area contributed by atoms with Gasteiger partial charge in [-0.05, 0) is 12.3 Å². The first-order chi connectivity index (χ1) is 6.00. The first-order valence-electron chi connectivity index (χ1n) is 4.88. The fourth-order valence-electron chi connectivity index (χ4n) is 1.66. The van der Waals surface area contributed by atoms with Gasteiger partial charge in [-0.1, -0.05) is 20.8 Å². The Morgan fingerprint density at radius 2 is 2.08 bits per heavy atom. The lowest BCUT2D eigenvalue weighted by Gasteiger charge is -2.30. The molecular formula is C10H18O3. The van der Waals surface area contributed by atoms with Gasteiger partial charge in [-0.3, -0.25) is 4.79 Å². The van der Waals surface area contributed by atoms with Crippen molar-refractivity contribution in [2.45, 2.75) is 46.0 Å². The Morgan fingerprint density at radius 3 is 2.54 bits per heavy atom. The minimum Gasteiger partial charge on any atom is -0.368 e. The van der Waals surface area contributed by atoms with Gasteiger partial charge in [-0.2, -0.15) is 0 Å². The molecule has 1 rings (SSSR count). The van der Waals surface area contributed by atoms with Crippen molar-refractivity contribution in [2.24, 2.45) is 11.8 Å². The molecule has 1 aliphatic rings. The predicted molar refractivity (Wildman–Crippen MR) is 49.1 cm³/mol. The summed E-state index contributed by atoms with van der Waals surface area (Å²) in [6.07, 6.45) is 0.242. The summed E-state index contributed by atoms with van der Waals surface area (Å²) < 4.78 is 5.19. The molecule has 0 radical (unpaired) electrons. The lowest BCUT2D eigenvalue weighted by Crippen LogP contribution is -2.38. The van der Waals surface area contributed by atoms with Gasteiger partial charge in [0.15, 0.2) is 12.1 Å². The van der Waals surface area contributed by atoms with E-state index in [9.17, 15) is 9.90 Å². The summed E-state index contributed by atoms with van der Waals surface area (Å²) >= 11 is 0. The van der Waals surface area contributed by atoms with Crippen LogP contribution in [0.25, 0.3) is 0 Å². The second-order valence-electron chi connectivity index (χ2n) is 4.21. The molecule has 1 N–H and O–H groups in total. The van der Waals surface area contributed by atoms with Crippen molar-refractivity contribution < 1.29 is 14.6 Å². The first kappa shape index (κ1) is 10.7. The molecule has 0 saturated carbocycles. The standard InChI is InChI=1S/C10H18O3/c1-6(2)10(12)8-4-7(3)5-9(11)13-8/h6-9,11H,4-5H2,1-3H3/t7-,8-,9?/m1/s1. The topological polar surface area (TPSA) is 46.5 Å². The van der Waals surface area contributed by atoms with Crippen molar-refractivity contribution in [3.63, 3.8) is 0 Å². The molecular weight excluding hydrogens is 168 g/mol. The normalized spacial score (nSPS) is 35.0. The zero-order valence-electron chi connectivity index (χ0n) is 8.49. The predicted octanol–water partition coefficient (Wildman–Crippen LogP) is 1.34. The van der Waals surface area contributed by atoms with Crippen LogP contribution in [0.15, 0.2) is 0 Å². The molecule has 1 saturated heterocycles. The molecule has 0 aliphatic carbocycles. The number of hydrogen-bond acceptors (Lipinski definition) is 3. The van der Waals surface area contributed by atoms with E-state index >= 15 is 0 Å². The largest absolute Gasteiger partial charge is 0.368 e. The number of Topliss-reactive ketones (excluding diaryl/α,β-unsaturated/α-hetero) is 1. The van der Waals surface area contributed by atoms with Gasteiger partial charge in [0.05, 0.1) is 0 Å². The van der Waals surface area contributed by atoms with Crippen LogP contribution in [0.1, 0.15) is 33.6 Å². The third-order valence-electron chi connectivity index (χ3n) is 2.43. The van der Waals surface area contributed by atoms with E-state index in [1.807, 2.05) is 20.8 Å². The van der Waals surface area contributed by atoms with Crippen LogP contribution in [0.3, 0.4) is 0 Å². The maximum absolute atomic E-state index is 11.6. The lowest BCUT2D eigenvalue weighted by molar-refractivity contribution is -0.184. The maximum atomic E-state index is 11.6. The number of carbonyl (C=O) groups excluding carboxylic acids is 1. The Bertz CT molecular complexity index is 179. The Hall–Kier alpha value is -0.410. The van der Waals surface area contributed by atoms with Crippen molar-refractivity contribution >= 4 is 5.78 Å². The SMILES string of the molecule is CC(C)C(=O)[C@H]1C[C@@H](C)CC(O)O1. The molecule has 76 valence electrons. The molecule has 0 spiro atoms. The summed E-state index contributed by atoms with van der Waals surface area (Å²) in [7, 11) is 0. The van der Waals surface area contributed by atoms with Crippen LogP contribution in [0, 0.1) is 11.8 Å². The summed E-state index contributed by atoms with van der Waals surface area (Å²) in [5.74, 6) is 0.463. The second kappa shape index (κ2) is 4.20. The minimum absolute atomic E-state index is 0.0116. The molecule has 0 aromatic carbocycles. The molecule has 1 unspecified atom stereocenters. The van der Waals surface area contributed by atoms with Crippen molar-refractivity contribution in [3.8, 4) is 0 Å². The highest BCUT2D eigenvalue weighted by Crippen LogP contribution is 2.25. The Balaban J connectivity index is 2.55. The molecule has 0 bridgehead atoms. The summed E-state index contributed by atoms with van der Waals surface area (Å²) in [4.78, 5) is 11.6. The number of ether oxygens (including phenoxy) is 1. The summed E-state index contributed by atoms with van der Waals surface area (Å²) in [6, 6.07) is 0. The summed E-state index contributed by atoms with van der Waals surface area (Å²) in [6.45, 7) is 5.75. The van der Waals surface area contributed by atoms with Gasteiger partial charge in [-0.25, -0.2) is 0 Å². The van der Waals surface area contributed by atoms with Gasteiger partial charge in [0.2, 0.25) is 0 Å². The second-order valence-corrected chi connectivity index (χ2v) is 4.21. The quantitative estimate of drug-likeness (QED) is 0.708. The number of aliphatic hydroxyl groups is 1. The number of rotatable bonds is 2. The number of hydrogen-bond donors (Lipinski definition) is 1. The highest BCUT2D eigenvalue weighted by molar-refractivity contribution is 5.84. The number of ketones is 1. The van der Waals surface area contributed by atoms with Crippen molar-refractivity contribution in [1.82, 2.24) is 0 Å². The average molecular weight is 186 g/mol. The molecule has 13 heavy (non-hydrogen) atoms. The average Bonchev–Trinajstić information content (AvgIpc) is 2.01. The summed E-state index contributed by atoms with van der Waals surface area (Å²) in [5.41, 5.74) is 0. The molecule has 3 nitrogen and oxygen atoms in total.